The zero-order valence-corrected chi connectivity index (χ0v) is 14.1. The summed E-state index contributed by atoms with van der Waals surface area (Å²) in [5.41, 5.74) is 2.21. The molecule has 0 N–H and O–H groups in total. The van der Waals surface area contributed by atoms with Gasteiger partial charge in [0, 0.05) is 0 Å². The van der Waals surface area contributed by atoms with Gasteiger partial charge in [0.25, 0.3) is 0 Å². The molecule has 0 heterocycles. The van der Waals surface area contributed by atoms with Crippen LogP contribution < -0.4 is 0 Å². The van der Waals surface area contributed by atoms with Crippen LogP contribution >= 0.6 is 0 Å². The van der Waals surface area contributed by atoms with Crippen LogP contribution in [-0.2, 0) is 0 Å². The Bertz CT molecular complexity index is 792. The number of hydrogen-bond donors (Lipinski definition) is 0. The first kappa shape index (κ1) is 17.5. The lowest BCUT2D eigenvalue weighted by atomic mass is 9.98. The second kappa shape index (κ2) is 8.11. The molecule has 0 fully saturated rings. The number of nitrogens with zero attached hydrogens (tertiary/aromatic N) is 2. The molecule has 122 valence electrons. The van der Waals surface area contributed by atoms with Crippen molar-refractivity contribution in [2.45, 2.75) is 26.7 Å². The van der Waals surface area contributed by atoms with Crippen LogP contribution in [0.25, 0.3) is 10.8 Å². The van der Waals surface area contributed by atoms with Gasteiger partial charge in [-0.05, 0) is 57.2 Å². The van der Waals surface area contributed by atoms with Crippen molar-refractivity contribution in [2.24, 2.45) is 10.4 Å². The van der Waals surface area contributed by atoms with Crippen LogP contribution in [0.15, 0.2) is 71.0 Å². The maximum Gasteiger partial charge on any atom is 0.111 e. The molecular formula is C20H20N2O2. The van der Waals surface area contributed by atoms with Crippen LogP contribution in [0.5, 0.6) is 0 Å². The molecule has 4 nitrogen and oxygen atoms in total. The molecule has 0 aliphatic carbocycles. The van der Waals surface area contributed by atoms with Gasteiger partial charge in [0.05, 0.1) is 0 Å². The molecular weight excluding hydrogens is 300 g/mol. The van der Waals surface area contributed by atoms with Crippen LogP contribution in [-0.4, -0.2) is 0 Å². The van der Waals surface area contributed by atoms with Gasteiger partial charge in [0.1, 0.15) is 11.4 Å². The quantitative estimate of drug-likeness (QED) is 0.501. The lowest BCUT2D eigenvalue weighted by Gasteiger charge is -2.09. The summed E-state index contributed by atoms with van der Waals surface area (Å²) in [4.78, 5) is 21.0. The number of aryl methyl sites for hydroxylation is 1. The Balaban J connectivity index is 0.000000182. The number of rotatable bonds is 3. The number of nitroso groups, excluding NO2 is 2. The highest BCUT2D eigenvalue weighted by Gasteiger charge is 2.11. The van der Waals surface area contributed by atoms with Crippen LogP contribution in [0, 0.1) is 16.7 Å². The minimum atomic E-state index is 0.156. The van der Waals surface area contributed by atoms with Crippen molar-refractivity contribution in [1.29, 1.82) is 0 Å². The van der Waals surface area contributed by atoms with Gasteiger partial charge in [-0.3, -0.25) is 0 Å². The van der Waals surface area contributed by atoms with Gasteiger partial charge >= 0.3 is 0 Å². The lowest BCUT2D eigenvalue weighted by molar-refractivity contribution is 0.866. The van der Waals surface area contributed by atoms with Crippen molar-refractivity contribution in [2.75, 3.05) is 0 Å². The summed E-state index contributed by atoms with van der Waals surface area (Å²) in [5.74, 6) is 0.156. The summed E-state index contributed by atoms with van der Waals surface area (Å²) in [6.45, 7) is 5.61. The SMILES string of the molecule is Cc1cc(N=O)c(C(C)C)cc1N=O.c1ccc2ccccc2c1. The van der Waals surface area contributed by atoms with Crippen molar-refractivity contribution in [1.82, 2.24) is 0 Å². The normalized spacial score (nSPS) is 10.2. The highest BCUT2D eigenvalue weighted by Crippen LogP contribution is 2.33. The summed E-state index contributed by atoms with van der Waals surface area (Å²) < 4.78 is 0. The molecule has 24 heavy (non-hydrogen) atoms. The van der Waals surface area contributed by atoms with Crippen molar-refractivity contribution < 1.29 is 0 Å². The van der Waals surface area contributed by atoms with Crippen LogP contribution in [0.4, 0.5) is 11.4 Å². The third-order valence-corrected chi connectivity index (χ3v) is 3.82. The van der Waals surface area contributed by atoms with E-state index in [0.717, 1.165) is 5.56 Å². The van der Waals surface area contributed by atoms with Crippen molar-refractivity contribution in [3.63, 3.8) is 0 Å². The second-order valence-electron chi connectivity index (χ2n) is 5.88. The molecule has 0 radical (unpaired) electrons. The van der Waals surface area contributed by atoms with Gasteiger partial charge in [-0.1, -0.05) is 62.4 Å². The van der Waals surface area contributed by atoms with Crippen molar-refractivity contribution >= 4 is 22.1 Å². The Morgan fingerprint density at radius 1 is 0.750 bits per heavy atom. The van der Waals surface area contributed by atoms with Gasteiger partial charge in [-0.25, -0.2) is 0 Å². The molecule has 3 rings (SSSR count). The third kappa shape index (κ3) is 4.10. The minimum Gasteiger partial charge on any atom is -0.145 e. The Hall–Kier alpha value is -2.88. The summed E-state index contributed by atoms with van der Waals surface area (Å²) in [7, 11) is 0. The first-order chi connectivity index (χ1) is 11.6. The molecule has 0 bridgehead atoms. The monoisotopic (exact) mass is 320 g/mol. The van der Waals surface area contributed by atoms with E-state index in [1.165, 1.54) is 10.8 Å². The number of fused-ring (bicyclic) bond motifs is 1. The maximum absolute atomic E-state index is 10.5. The average Bonchev–Trinajstić information content (AvgIpc) is 2.61. The molecule has 0 unspecified atom stereocenters. The predicted octanol–water partition coefficient (Wildman–Crippen LogP) is 6.75. The molecule has 3 aromatic carbocycles. The summed E-state index contributed by atoms with van der Waals surface area (Å²) in [6, 6.07) is 19.9. The molecule has 0 saturated heterocycles. The first-order valence-electron chi connectivity index (χ1n) is 7.82. The molecule has 0 saturated carbocycles. The highest BCUT2D eigenvalue weighted by molar-refractivity contribution is 5.82. The molecule has 0 aliphatic heterocycles. The molecule has 0 aromatic heterocycles. The van der Waals surface area contributed by atoms with Crippen LogP contribution in [0.2, 0.25) is 0 Å². The Kier molecular flexibility index (Phi) is 5.90. The Morgan fingerprint density at radius 3 is 1.58 bits per heavy atom. The molecule has 0 aliphatic rings. The van der Waals surface area contributed by atoms with E-state index in [4.69, 9.17) is 0 Å². The van der Waals surface area contributed by atoms with Gasteiger partial charge in [0.2, 0.25) is 0 Å². The zero-order valence-electron chi connectivity index (χ0n) is 14.1. The van der Waals surface area contributed by atoms with Gasteiger partial charge < -0.3 is 0 Å². The van der Waals surface area contributed by atoms with E-state index in [2.05, 4.69) is 58.9 Å². The fourth-order valence-corrected chi connectivity index (χ4v) is 2.47. The molecule has 0 spiro atoms. The van der Waals surface area contributed by atoms with E-state index >= 15 is 0 Å². The largest absolute Gasteiger partial charge is 0.145 e. The minimum absolute atomic E-state index is 0.156. The van der Waals surface area contributed by atoms with Crippen molar-refractivity contribution in [3.05, 3.63) is 81.6 Å². The standard InChI is InChI=1S/C10H12N2O2.C10H8/c1-6(2)8-5-9(11-13)7(3)4-10(8)12-14;1-2-6-10-8-4-3-7-9(10)5-1/h4-6H,1-3H3;1-8H. The fourth-order valence-electron chi connectivity index (χ4n) is 2.47. The third-order valence-electron chi connectivity index (χ3n) is 3.82. The summed E-state index contributed by atoms with van der Waals surface area (Å²) in [6.07, 6.45) is 0. The number of hydrogen-bond acceptors (Lipinski definition) is 4. The molecule has 0 atom stereocenters. The molecule has 3 aromatic rings. The fraction of sp³-hybridized carbons (Fsp3) is 0.200. The van der Waals surface area contributed by atoms with Crippen molar-refractivity contribution in [3.8, 4) is 0 Å². The summed E-state index contributed by atoms with van der Waals surface area (Å²) >= 11 is 0. The van der Waals surface area contributed by atoms with Gasteiger partial charge in [-0.2, -0.15) is 0 Å². The topological polar surface area (TPSA) is 58.9 Å². The highest BCUT2D eigenvalue weighted by atomic mass is 16.3. The molecule has 0 amide bonds. The van der Waals surface area contributed by atoms with Gasteiger partial charge in [0.15, 0.2) is 0 Å². The van der Waals surface area contributed by atoms with Crippen LogP contribution in [0.3, 0.4) is 0 Å². The number of benzene rings is 3. The first-order valence-corrected chi connectivity index (χ1v) is 7.82. The lowest BCUT2D eigenvalue weighted by Crippen LogP contribution is -1.89. The smallest absolute Gasteiger partial charge is 0.111 e. The molecule has 4 heteroatoms. The van der Waals surface area contributed by atoms with E-state index in [-0.39, 0.29) is 5.92 Å². The van der Waals surface area contributed by atoms with Gasteiger partial charge in [-0.15, -0.1) is 9.81 Å². The van der Waals surface area contributed by atoms with E-state index in [1.54, 1.807) is 19.1 Å². The predicted molar refractivity (Wildman–Crippen MR) is 100 cm³/mol. The Labute approximate surface area is 141 Å². The average molecular weight is 320 g/mol. The zero-order chi connectivity index (χ0) is 17.5. The second-order valence-corrected chi connectivity index (χ2v) is 5.88. The van der Waals surface area contributed by atoms with E-state index in [9.17, 15) is 9.81 Å². The van der Waals surface area contributed by atoms with E-state index < -0.39 is 0 Å². The van der Waals surface area contributed by atoms with E-state index in [0.29, 0.717) is 16.9 Å². The van der Waals surface area contributed by atoms with Crippen LogP contribution in [0.1, 0.15) is 30.9 Å². The Morgan fingerprint density at radius 2 is 1.21 bits per heavy atom. The summed E-state index contributed by atoms with van der Waals surface area (Å²) in [5, 5.41) is 8.45. The maximum atomic E-state index is 10.5. The van der Waals surface area contributed by atoms with E-state index in [1.807, 2.05) is 13.8 Å².